The molecule has 0 fully saturated rings. The van der Waals surface area contributed by atoms with Crippen molar-refractivity contribution in [3.63, 3.8) is 0 Å². The van der Waals surface area contributed by atoms with Crippen LogP contribution in [0, 0.1) is 0 Å². The van der Waals surface area contributed by atoms with Crippen molar-refractivity contribution < 1.29 is 4.74 Å². The van der Waals surface area contributed by atoms with Gasteiger partial charge in [0, 0.05) is 17.6 Å². The van der Waals surface area contributed by atoms with Crippen molar-refractivity contribution in [2.24, 2.45) is 0 Å². The van der Waals surface area contributed by atoms with Crippen LogP contribution in [0.1, 0.15) is 45.2 Å². The molecule has 0 amide bonds. The van der Waals surface area contributed by atoms with Gasteiger partial charge < -0.3 is 10.1 Å². The highest BCUT2D eigenvalue weighted by molar-refractivity contribution is 9.10. The fourth-order valence-electron chi connectivity index (χ4n) is 1.96. The Morgan fingerprint density at radius 2 is 2.11 bits per heavy atom. The van der Waals surface area contributed by atoms with Crippen LogP contribution in [0.5, 0.6) is 0 Å². The normalized spacial score (nSPS) is 13.6. The molecule has 0 saturated carbocycles. The fraction of sp³-hybridized carbons (Fsp3) is 0.600. The highest BCUT2D eigenvalue weighted by atomic mass is 79.9. The molecule has 2 nitrogen and oxygen atoms in total. The van der Waals surface area contributed by atoms with E-state index >= 15 is 0 Å². The highest BCUT2D eigenvalue weighted by Gasteiger charge is 2.20. The second-order valence-electron chi connectivity index (χ2n) is 5.29. The Kier molecular flexibility index (Phi) is 6.81. The largest absolute Gasteiger partial charge is 0.379 e. The lowest BCUT2D eigenvalue weighted by Gasteiger charge is -2.26. The molecule has 4 heteroatoms. The van der Waals surface area contributed by atoms with Gasteiger partial charge in [0.15, 0.2) is 0 Å². The topological polar surface area (TPSA) is 21.3 Å². The molecule has 0 aliphatic heterocycles. The summed E-state index contributed by atoms with van der Waals surface area (Å²) in [7, 11) is 1.76. The van der Waals surface area contributed by atoms with Crippen LogP contribution in [0.25, 0.3) is 0 Å². The van der Waals surface area contributed by atoms with Gasteiger partial charge in [-0.2, -0.15) is 0 Å². The van der Waals surface area contributed by atoms with E-state index in [4.69, 9.17) is 16.3 Å². The molecular formula is C15H23BrClNO. The number of ether oxygens (including phenoxy) is 1. The highest BCUT2D eigenvalue weighted by Crippen LogP contribution is 2.29. The molecule has 1 rings (SSSR count). The average Bonchev–Trinajstić information content (AvgIpc) is 2.38. The molecule has 0 aliphatic rings. The van der Waals surface area contributed by atoms with Crippen LogP contribution in [0.2, 0.25) is 5.02 Å². The quantitative estimate of drug-likeness (QED) is 0.752. The van der Waals surface area contributed by atoms with Crippen molar-refractivity contribution >= 4 is 27.5 Å². The third-order valence-electron chi connectivity index (χ3n) is 3.38. The first-order chi connectivity index (χ1) is 8.89. The van der Waals surface area contributed by atoms with E-state index in [1.165, 1.54) is 5.56 Å². The van der Waals surface area contributed by atoms with E-state index in [2.05, 4.69) is 48.1 Å². The van der Waals surface area contributed by atoms with Gasteiger partial charge in [-0.3, -0.25) is 0 Å². The number of benzene rings is 1. The first kappa shape index (κ1) is 17.0. The molecule has 0 heterocycles. The average molecular weight is 349 g/mol. The van der Waals surface area contributed by atoms with E-state index < -0.39 is 0 Å². The zero-order valence-corrected chi connectivity index (χ0v) is 14.4. The van der Waals surface area contributed by atoms with Gasteiger partial charge >= 0.3 is 0 Å². The second kappa shape index (κ2) is 7.63. The molecule has 0 bridgehead atoms. The zero-order valence-electron chi connectivity index (χ0n) is 12.1. The molecule has 19 heavy (non-hydrogen) atoms. The molecule has 0 radical (unpaired) electrons. The Labute approximate surface area is 130 Å². The zero-order chi connectivity index (χ0) is 14.5. The van der Waals surface area contributed by atoms with E-state index in [0.717, 1.165) is 28.9 Å². The van der Waals surface area contributed by atoms with E-state index in [9.17, 15) is 0 Å². The van der Waals surface area contributed by atoms with Gasteiger partial charge in [0.2, 0.25) is 0 Å². The van der Waals surface area contributed by atoms with Crippen LogP contribution in [0.15, 0.2) is 22.7 Å². The van der Waals surface area contributed by atoms with Crippen LogP contribution in [-0.4, -0.2) is 19.3 Å². The van der Waals surface area contributed by atoms with E-state index in [1.54, 1.807) is 7.11 Å². The Morgan fingerprint density at radius 1 is 1.42 bits per heavy atom. The number of hydrogen-bond acceptors (Lipinski definition) is 2. The summed E-state index contributed by atoms with van der Waals surface area (Å²) in [6.45, 7) is 7.29. The molecule has 1 aromatic carbocycles. The lowest BCUT2D eigenvalue weighted by atomic mass is 9.95. The Bertz CT molecular complexity index is 409. The van der Waals surface area contributed by atoms with Gasteiger partial charge in [0.05, 0.1) is 10.6 Å². The monoisotopic (exact) mass is 347 g/mol. The summed E-state index contributed by atoms with van der Waals surface area (Å²) >= 11 is 9.60. The van der Waals surface area contributed by atoms with Crippen LogP contribution in [0.4, 0.5) is 0 Å². The van der Waals surface area contributed by atoms with Crippen LogP contribution in [-0.2, 0) is 4.74 Å². The van der Waals surface area contributed by atoms with Crippen molar-refractivity contribution in [2.75, 3.05) is 13.7 Å². The summed E-state index contributed by atoms with van der Waals surface area (Å²) in [5.74, 6) is 0. The van der Waals surface area contributed by atoms with Crippen LogP contribution >= 0.6 is 27.5 Å². The second-order valence-corrected chi connectivity index (χ2v) is 6.55. The third-order valence-corrected chi connectivity index (χ3v) is 4.62. The molecule has 1 atom stereocenters. The summed E-state index contributed by atoms with van der Waals surface area (Å²) in [5, 5.41) is 4.27. The molecule has 0 aliphatic carbocycles. The molecule has 1 aromatic rings. The van der Waals surface area contributed by atoms with Crippen LogP contribution < -0.4 is 5.32 Å². The Balaban J connectivity index is 2.79. The maximum absolute atomic E-state index is 6.18. The number of hydrogen-bond donors (Lipinski definition) is 1. The summed E-state index contributed by atoms with van der Waals surface area (Å²) in [4.78, 5) is 0. The predicted octanol–water partition coefficient (Wildman–Crippen LogP) is 4.96. The van der Waals surface area contributed by atoms with Gasteiger partial charge in [0.1, 0.15) is 0 Å². The van der Waals surface area contributed by atoms with Crippen LogP contribution in [0.3, 0.4) is 0 Å². The molecule has 0 saturated heterocycles. The van der Waals surface area contributed by atoms with Gasteiger partial charge in [0.25, 0.3) is 0 Å². The van der Waals surface area contributed by atoms with E-state index in [-0.39, 0.29) is 5.60 Å². The fourth-order valence-corrected chi connectivity index (χ4v) is 2.39. The number of methoxy groups -OCH3 is 1. The molecule has 0 aromatic heterocycles. The van der Waals surface area contributed by atoms with Crippen molar-refractivity contribution in [1.82, 2.24) is 5.32 Å². The number of nitrogens with one attached hydrogen (secondary N) is 1. The molecule has 0 spiro atoms. The number of halogens is 2. The third kappa shape index (κ3) is 5.42. The molecule has 1 unspecified atom stereocenters. The summed E-state index contributed by atoms with van der Waals surface area (Å²) < 4.78 is 6.42. The van der Waals surface area contributed by atoms with Crippen molar-refractivity contribution in [3.8, 4) is 0 Å². The maximum atomic E-state index is 6.18. The summed E-state index contributed by atoms with van der Waals surface area (Å²) in [6, 6.07) is 6.45. The first-order valence-corrected chi connectivity index (χ1v) is 7.80. The standard InChI is InChI=1S/C15H23BrClNO/c1-5-18-14(8-9-15(2,3)19-4)11-6-7-12(16)13(17)10-11/h6-7,10,14,18H,5,8-9H2,1-4H3. The van der Waals surface area contributed by atoms with E-state index in [0.29, 0.717) is 6.04 Å². The Morgan fingerprint density at radius 3 is 2.63 bits per heavy atom. The minimum atomic E-state index is -0.0904. The van der Waals surface area contributed by atoms with Gasteiger partial charge in [-0.25, -0.2) is 0 Å². The molecular weight excluding hydrogens is 326 g/mol. The van der Waals surface area contributed by atoms with Crippen molar-refractivity contribution in [1.29, 1.82) is 0 Å². The lowest BCUT2D eigenvalue weighted by molar-refractivity contribution is 0.0117. The predicted molar refractivity (Wildman–Crippen MR) is 85.9 cm³/mol. The molecule has 108 valence electrons. The van der Waals surface area contributed by atoms with Crippen molar-refractivity contribution in [2.45, 2.75) is 45.3 Å². The van der Waals surface area contributed by atoms with Crippen molar-refractivity contribution in [3.05, 3.63) is 33.3 Å². The van der Waals surface area contributed by atoms with Gasteiger partial charge in [-0.15, -0.1) is 0 Å². The smallest absolute Gasteiger partial charge is 0.0623 e. The lowest BCUT2D eigenvalue weighted by Crippen LogP contribution is -2.27. The SMILES string of the molecule is CCNC(CCC(C)(C)OC)c1ccc(Br)c(Cl)c1. The minimum absolute atomic E-state index is 0.0904. The summed E-state index contributed by atoms with van der Waals surface area (Å²) in [6.07, 6.45) is 2.02. The first-order valence-electron chi connectivity index (χ1n) is 6.63. The maximum Gasteiger partial charge on any atom is 0.0623 e. The minimum Gasteiger partial charge on any atom is -0.379 e. The van der Waals surface area contributed by atoms with Gasteiger partial charge in [-0.1, -0.05) is 24.6 Å². The van der Waals surface area contributed by atoms with Gasteiger partial charge in [-0.05, 0) is 66.9 Å². The Hall–Kier alpha value is -0.0900. The molecule has 1 N–H and O–H groups in total. The van der Waals surface area contributed by atoms with E-state index in [1.807, 2.05) is 12.1 Å². The summed E-state index contributed by atoms with van der Waals surface area (Å²) in [5.41, 5.74) is 1.13. The number of rotatable bonds is 7.